The first-order chi connectivity index (χ1) is 11.5. The lowest BCUT2D eigenvalue weighted by Gasteiger charge is -2.22. The van der Waals surface area contributed by atoms with Gasteiger partial charge < -0.3 is 19.7 Å². The summed E-state index contributed by atoms with van der Waals surface area (Å²) in [4.78, 5) is 17.2. The van der Waals surface area contributed by atoms with Crippen molar-refractivity contribution in [3.63, 3.8) is 0 Å². The molecule has 0 amide bonds. The summed E-state index contributed by atoms with van der Waals surface area (Å²) in [5, 5.41) is 19.0. The van der Waals surface area contributed by atoms with E-state index in [4.69, 9.17) is 28.3 Å². The molecule has 0 aliphatic heterocycles. The van der Waals surface area contributed by atoms with Gasteiger partial charge in [0.05, 0.1) is 11.0 Å². The number of aryl methyl sites for hydroxylation is 1. The topological polar surface area (TPSA) is 78.6 Å². The standard InChI is InChI=1S/C16H21Cl2N3O3.ClH/c1-20-13-3-2-11(21(8-6-17)9-7-18)10-12(13)19-16(20)14(22)4-5-15(23)24;/h2-3,10,14,22H,4-9H2,1H3,(H,23,24);1H. The molecule has 0 saturated heterocycles. The molecule has 0 spiro atoms. The van der Waals surface area contributed by atoms with Crippen molar-refractivity contribution in [2.24, 2.45) is 7.05 Å². The lowest BCUT2D eigenvalue weighted by Crippen LogP contribution is -2.27. The highest BCUT2D eigenvalue weighted by Crippen LogP contribution is 2.26. The smallest absolute Gasteiger partial charge is 0.303 e. The molecule has 0 saturated carbocycles. The number of halogens is 3. The van der Waals surface area contributed by atoms with Crippen molar-refractivity contribution in [1.82, 2.24) is 9.55 Å². The number of benzene rings is 1. The Morgan fingerprint density at radius 1 is 1.32 bits per heavy atom. The molecule has 9 heteroatoms. The maximum absolute atomic E-state index is 10.7. The Kier molecular flexibility index (Phi) is 8.79. The molecule has 1 aromatic carbocycles. The largest absolute Gasteiger partial charge is 0.481 e. The van der Waals surface area contributed by atoms with Crippen LogP contribution < -0.4 is 4.90 Å². The van der Waals surface area contributed by atoms with Gasteiger partial charge in [-0.3, -0.25) is 4.79 Å². The van der Waals surface area contributed by atoms with Gasteiger partial charge in [-0.25, -0.2) is 4.98 Å². The van der Waals surface area contributed by atoms with Crippen molar-refractivity contribution in [3.8, 4) is 0 Å². The number of fused-ring (bicyclic) bond motifs is 1. The highest BCUT2D eigenvalue weighted by atomic mass is 35.5. The Bertz CT molecular complexity index is 702. The Morgan fingerprint density at radius 3 is 2.52 bits per heavy atom. The average Bonchev–Trinajstić information content (AvgIpc) is 2.89. The number of nitrogens with zero attached hydrogens (tertiary/aromatic N) is 3. The first-order valence-electron chi connectivity index (χ1n) is 7.71. The fraction of sp³-hybridized carbons (Fsp3) is 0.500. The summed E-state index contributed by atoms with van der Waals surface area (Å²) >= 11 is 11.7. The number of aliphatic carboxylic acids is 1. The number of anilines is 1. The SMILES string of the molecule is Cl.Cn1c(C(O)CCC(=O)O)nc2cc(N(CCCl)CCCl)ccc21. The molecular weight excluding hydrogens is 389 g/mol. The van der Waals surface area contributed by atoms with Crippen LogP contribution in [0, 0.1) is 0 Å². The molecule has 0 bridgehead atoms. The lowest BCUT2D eigenvalue weighted by atomic mass is 10.2. The van der Waals surface area contributed by atoms with Crippen LogP contribution in [0.1, 0.15) is 24.8 Å². The number of aliphatic hydroxyl groups is 1. The molecule has 6 nitrogen and oxygen atoms in total. The predicted molar refractivity (Wildman–Crippen MR) is 103 cm³/mol. The fourth-order valence-corrected chi connectivity index (χ4v) is 3.07. The lowest BCUT2D eigenvalue weighted by molar-refractivity contribution is -0.137. The van der Waals surface area contributed by atoms with E-state index < -0.39 is 12.1 Å². The van der Waals surface area contributed by atoms with Crippen LogP contribution in [-0.2, 0) is 11.8 Å². The second kappa shape index (κ2) is 10.1. The van der Waals surface area contributed by atoms with Gasteiger partial charge >= 0.3 is 5.97 Å². The zero-order valence-corrected chi connectivity index (χ0v) is 16.2. The van der Waals surface area contributed by atoms with Crippen LogP contribution in [0.25, 0.3) is 11.0 Å². The highest BCUT2D eigenvalue weighted by molar-refractivity contribution is 6.18. The van der Waals surface area contributed by atoms with Crippen molar-refractivity contribution in [2.45, 2.75) is 18.9 Å². The molecule has 1 heterocycles. The van der Waals surface area contributed by atoms with Gasteiger partial charge in [-0.2, -0.15) is 0 Å². The molecule has 1 aromatic heterocycles. The summed E-state index contributed by atoms with van der Waals surface area (Å²) in [6.45, 7) is 1.36. The number of hydrogen-bond acceptors (Lipinski definition) is 4. The summed E-state index contributed by atoms with van der Waals surface area (Å²) in [7, 11) is 1.81. The van der Waals surface area contributed by atoms with Crippen LogP contribution in [0.15, 0.2) is 18.2 Å². The molecule has 2 rings (SSSR count). The van der Waals surface area contributed by atoms with Crippen LogP contribution in [-0.4, -0.2) is 50.6 Å². The van der Waals surface area contributed by atoms with E-state index >= 15 is 0 Å². The van der Waals surface area contributed by atoms with Crippen molar-refractivity contribution in [3.05, 3.63) is 24.0 Å². The number of aromatic nitrogens is 2. The number of carboxylic acids is 1. The fourth-order valence-electron chi connectivity index (χ4n) is 2.66. The van der Waals surface area contributed by atoms with Crippen LogP contribution in [0.2, 0.25) is 0 Å². The molecule has 1 unspecified atom stereocenters. The second-order valence-corrected chi connectivity index (χ2v) is 6.27. The summed E-state index contributed by atoms with van der Waals surface area (Å²) in [5.41, 5.74) is 2.59. The van der Waals surface area contributed by atoms with Crippen molar-refractivity contribution < 1.29 is 15.0 Å². The van der Waals surface area contributed by atoms with Crippen LogP contribution >= 0.6 is 35.6 Å². The highest BCUT2D eigenvalue weighted by Gasteiger charge is 2.18. The molecule has 2 aromatic rings. The Hall–Kier alpha value is -1.21. The van der Waals surface area contributed by atoms with Crippen LogP contribution in [0.3, 0.4) is 0 Å². The minimum atomic E-state index is -0.937. The van der Waals surface area contributed by atoms with E-state index in [1.54, 1.807) is 4.57 Å². The quantitative estimate of drug-likeness (QED) is 0.621. The van der Waals surface area contributed by atoms with E-state index in [0.29, 0.717) is 30.7 Å². The molecular formula is C16H22Cl3N3O3. The van der Waals surface area contributed by atoms with Gasteiger partial charge in [0.15, 0.2) is 0 Å². The third-order valence-electron chi connectivity index (χ3n) is 3.90. The van der Waals surface area contributed by atoms with Gasteiger partial charge in [0.25, 0.3) is 0 Å². The maximum atomic E-state index is 10.7. The van der Waals surface area contributed by atoms with E-state index in [-0.39, 0.29) is 25.2 Å². The predicted octanol–water partition coefficient (Wildman–Crippen LogP) is 3.18. The van der Waals surface area contributed by atoms with Gasteiger partial charge in [0.1, 0.15) is 11.9 Å². The van der Waals surface area contributed by atoms with Crippen LogP contribution in [0.4, 0.5) is 5.69 Å². The number of aliphatic hydroxyl groups excluding tert-OH is 1. The Balaban J connectivity index is 0.00000312. The molecule has 140 valence electrons. The molecule has 2 N–H and O–H groups in total. The van der Waals surface area contributed by atoms with Crippen molar-refractivity contribution in [1.29, 1.82) is 0 Å². The van der Waals surface area contributed by atoms with Gasteiger partial charge in [0, 0.05) is 44.0 Å². The minimum absolute atomic E-state index is 0. The summed E-state index contributed by atoms with van der Waals surface area (Å²) in [6, 6.07) is 5.83. The molecule has 1 atom stereocenters. The van der Waals surface area contributed by atoms with Gasteiger partial charge in [0.2, 0.25) is 0 Å². The molecule has 0 aliphatic carbocycles. The Morgan fingerprint density at radius 2 is 1.96 bits per heavy atom. The van der Waals surface area contributed by atoms with Crippen molar-refractivity contribution in [2.75, 3.05) is 29.7 Å². The van der Waals surface area contributed by atoms with E-state index in [0.717, 1.165) is 16.7 Å². The average molecular weight is 411 g/mol. The number of carbonyl (C=O) groups is 1. The number of imidazole rings is 1. The number of carboxylic acid groups (broad SMARTS) is 1. The second-order valence-electron chi connectivity index (χ2n) is 5.52. The monoisotopic (exact) mass is 409 g/mol. The zero-order chi connectivity index (χ0) is 17.7. The first-order valence-corrected chi connectivity index (χ1v) is 8.78. The van der Waals surface area contributed by atoms with E-state index in [1.165, 1.54) is 0 Å². The molecule has 0 radical (unpaired) electrons. The molecule has 25 heavy (non-hydrogen) atoms. The summed E-state index contributed by atoms with van der Waals surface area (Å²) in [5.74, 6) is 0.518. The third-order valence-corrected chi connectivity index (χ3v) is 4.24. The number of alkyl halides is 2. The maximum Gasteiger partial charge on any atom is 0.303 e. The number of rotatable bonds is 9. The van der Waals surface area contributed by atoms with E-state index in [1.807, 2.05) is 25.2 Å². The van der Waals surface area contributed by atoms with Gasteiger partial charge in [-0.1, -0.05) is 0 Å². The zero-order valence-electron chi connectivity index (χ0n) is 13.9. The van der Waals surface area contributed by atoms with Crippen molar-refractivity contribution >= 4 is 58.3 Å². The minimum Gasteiger partial charge on any atom is -0.481 e. The number of hydrogen-bond donors (Lipinski definition) is 2. The third kappa shape index (κ3) is 5.38. The first kappa shape index (κ1) is 21.8. The van der Waals surface area contributed by atoms with Gasteiger partial charge in [-0.15, -0.1) is 35.6 Å². The normalized spacial score (nSPS) is 12.0. The van der Waals surface area contributed by atoms with Gasteiger partial charge in [-0.05, 0) is 24.6 Å². The molecule has 0 aliphatic rings. The summed E-state index contributed by atoms with van der Waals surface area (Å²) < 4.78 is 1.79. The van der Waals surface area contributed by atoms with E-state index in [2.05, 4.69) is 9.88 Å². The van der Waals surface area contributed by atoms with E-state index in [9.17, 15) is 9.90 Å². The van der Waals surface area contributed by atoms with Crippen LogP contribution in [0.5, 0.6) is 0 Å². The summed E-state index contributed by atoms with van der Waals surface area (Å²) in [6.07, 6.45) is -0.887. The molecule has 0 fully saturated rings. The Labute approximate surface area is 162 Å².